The number of ether oxygens (including phenoxy) is 2. The van der Waals surface area contributed by atoms with Gasteiger partial charge in [-0.3, -0.25) is 0 Å². The Hall–Kier alpha value is -0.570. The molecule has 2 aliphatic rings. The Morgan fingerprint density at radius 2 is 2.25 bits per heavy atom. The predicted molar refractivity (Wildman–Crippen MR) is 61.1 cm³/mol. The van der Waals surface area contributed by atoms with Crippen molar-refractivity contribution in [3.05, 3.63) is 0 Å². The Balaban J connectivity index is 1.88. The van der Waals surface area contributed by atoms with Crippen LogP contribution >= 0.6 is 0 Å². The van der Waals surface area contributed by atoms with Crippen molar-refractivity contribution in [1.82, 2.24) is 0 Å². The van der Waals surface area contributed by atoms with E-state index in [9.17, 15) is 4.79 Å². The first kappa shape index (κ1) is 11.9. The van der Waals surface area contributed by atoms with Crippen molar-refractivity contribution in [1.29, 1.82) is 0 Å². The van der Waals surface area contributed by atoms with Gasteiger partial charge < -0.3 is 9.47 Å². The lowest BCUT2D eigenvalue weighted by Gasteiger charge is -2.12. The van der Waals surface area contributed by atoms with Gasteiger partial charge in [0, 0.05) is 0 Å². The van der Waals surface area contributed by atoms with E-state index in [0.29, 0.717) is 0 Å². The van der Waals surface area contributed by atoms with E-state index in [4.69, 9.17) is 9.47 Å². The van der Waals surface area contributed by atoms with Gasteiger partial charge in [-0.1, -0.05) is 32.6 Å². The van der Waals surface area contributed by atoms with Gasteiger partial charge in [0.2, 0.25) is 0 Å². The maximum Gasteiger partial charge on any atom is 0.338 e. The van der Waals surface area contributed by atoms with Gasteiger partial charge in [-0.15, -0.1) is 0 Å². The van der Waals surface area contributed by atoms with Crippen molar-refractivity contribution in [3.63, 3.8) is 0 Å². The van der Waals surface area contributed by atoms with Gasteiger partial charge in [0.05, 0.1) is 7.11 Å². The van der Waals surface area contributed by atoms with E-state index < -0.39 is 0 Å². The Kier molecular flexibility index (Phi) is 3.53. The molecule has 0 aromatic carbocycles. The molecule has 16 heavy (non-hydrogen) atoms. The Labute approximate surface area is 97.5 Å². The lowest BCUT2D eigenvalue weighted by atomic mass is 9.93. The van der Waals surface area contributed by atoms with Crippen LogP contribution in [0.3, 0.4) is 0 Å². The van der Waals surface area contributed by atoms with Crippen LogP contribution < -0.4 is 0 Å². The van der Waals surface area contributed by atoms with Crippen molar-refractivity contribution in [3.8, 4) is 0 Å². The third kappa shape index (κ3) is 2.24. The van der Waals surface area contributed by atoms with Crippen LogP contribution in [0.1, 0.15) is 51.9 Å². The molecule has 3 nitrogen and oxygen atoms in total. The zero-order chi connectivity index (χ0) is 11.6. The van der Waals surface area contributed by atoms with Crippen LogP contribution in [0.25, 0.3) is 0 Å². The van der Waals surface area contributed by atoms with Crippen LogP contribution in [0.15, 0.2) is 0 Å². The highest BCUT2D eigenvalue weighted by Crippen LogP contribution is 2.49. The maximum atomic E-state index is 11.4. The summed E-state index contributed by atoms with van der Waals surface area (Å²) in [5.41, 5.74) is -0.143. The number of hydrogen-bond acceptors (Lipinski definition) is 3. The van der Waals surface area contributed by atoms with Crippen LogP contribution in [0.4, 0.5) is 0 Å². The lowest BCUT2D eigenvalue weighted by Crippen LogP contribution is -2.21. The van der Waals surface area contributed by atoms with E-state index in [0.717, 1.165) is 18.8 Å². The predicted octanol–water partition coefficient (Wildman–Crippen LogP) is 2.68. The highest BCUT2D eigenvalue weighted by Gasteiger charge is 2.60. The monoisotopic (exact) mass is 226 g/mol. The molecular formula is C13H22O3. The fraction of sp³-hybridized carbons (Fsp3) is 0.923. The summed E-state index contributed by atoms with van der Waals surface area (Å²) in [4.78, 5) is 11.4. The van der Waals surface area contributed by atoms with Gasteiger partial charge in [-0.05, 0) is 25.2 Å². The minimum atomic E-state index is -0.266. The minimum Gasteiger partial charge on any atom is -0.467 e. The Bertz CT molecular complexity index is 264. The van der Waals surface area contributed by atoms with Crippen molar-refractivity contribution >= 4 is 5.97 Å². The number of carbonyl (C=O) groups is 1. The molecule has 1 heterocycles. The van der Waals surface area contributed by atoms with Crippen molar-refractivity contribution < 1.29 is 14.3 Å². The molecule has 92 valence electrons. The summed E-state index contributed by atoms with van der Waals surface area (Å²) < 4.78 is 10.4. The topological polar surface area (TPSA) is 38.8 Å². The van der Waals surface area contributed by atoms with Gasteiger partial charge in [-0.2, -0.15) is 0 Å². The first-order valence-corrected chi connectivity index (χ1v) is 6.47. The standard InChI is InChI=1S/C13H22O3/c1-3-5-10-6-4-8-13(9-7-10)11(16-13)12(14)15-2/h10-11H,3-9H2,1-2H3. The molecule has 2 rings (SSSR count). The highest BCUT2D eigenvalue weighted by molar-refractivity contribution is 5.79. The number of hydrogen-bond donors (Lipinski definition) is 0. The summed E-state index contributed by atoms with van der Waals surface area (Å²) in [5.74, 6) is 0.654. The SMILES string of the molecule is CCCC1CCCC2(CC1)OC2C(=O)OC. The molecule has 0 aromatic heterocycles. The molecule has 0 amide bonds. The van der Waals surface area contributed by atoms with Crippen LogP contribution in [-0.2, 0) is 14.3 Å². The Morgan fingerprint density at radius 1 is 1.44 bits per heavy atom. The van der Waals surface area contributed by atoms with E-state index in [-0.39, 0.29) is 17.7 Å². The summed E-state index contributed by atoms with van der Waals surface area (Å²) in [6, 6.07) is 0. The molecule has 0 radical (unpaired) electrons. The average molecular weight is 226 g/mol. The van der Waals surface area contributed by atoms with Crippen LogP contribution in [0.2, 0.25) is 0 Å². The number of epoxide rings is 1. The van der Waals surface area contributed by atoms with Crippen molar-refractivity contribution in [2.45, 2.75) is 63.6 Å². The van der Waals surface area contributed by atoms with E-state index in [2.05, 4.69) is 6.92 Å². The zero-order valence-corrected chi connectivity index (χ0v) is 10.3. The molecule has 3 atom stereocenters. The lowest BCUT2D eigenvalue weighted by molar-refractivity contribution is -0.142. The second-order valence-electron chi connectivity index (χ2n) is 5.17. The first-order valence-electron chi connectivity index (χ1n) is 6.47. The average Bonchev–Trinajstić information content (AvgIpc) is 3.03. The smallest absolute Gasteiger partial charge is 0.338 e. The summed E-state index contributed by atoms with van der Waals surface area (Å²) in [6.07, 6.45) is 8.09. The second-order valence-corrected chi connectivity index (χ2v) is 5.17. The fourth-order valence-corrected chi connectivity index (χ4v) is 3.06. The van der Waals surface area contributed by atoms with Gasteiger partial charge in [0.1, 0.15) is 5.60 Å². The van der Waals surface area contributed by atoms with Crippen LogP contribution in [0, 0.1) is 5.92 Å². The molecule has 0 bridgehead atoms. The van der Waals surface area contributed by atoms with Gasteiger partial charge in [0.15, 0.2) is 6.10 Å². The molecule has 0 aromatic rings. The number of esters is 1. The zero-order valence-electron chi connectivity index (χ0n) is 10.3. The van der Waals surface area contributed by atoms with Crippen LogP contribution in [0.5, 0.6) is 0 Å². The third-order valence-corrected chi connectivity index (χ3v) is 4.07. The molecule has 2 fully saturated rings. The van der Waals surface area contributed by atoms with Crippen molar-refractivity contribution in [2.75, 3.05) is 7.11 Å². The molecule has 3 unspecified atom stereocenters. The summed E-state index contributed by atoms with van der Waals surface area (Å²) in [6.45, 7) is 2.24. The third-order valence-electron chi connectivity index (χ3n) is 4.07. The minimum absolute atomic E-state index is 0.143. The largest absolute Gasteiger partial charge is 0.467 e. The molecule has 1 spiro atoms. The van der Waals surface area contributed by atoms with Gasteiger partial charge in [0.25, 0.3) is 0 Å². The molecule has 1 aliphatic heterocycles. The van der Waals surface area contributed by atoms with E-state index in [1.54, 1.807) is 0 Å². The highest BCUT2D eigenvalue weighted by atomic mass is 16.7. The molecular weight excluding hydrogens is 204 g/mol. The molecule has 0 N–H and O–H groups in total. The number of methoxy groups -OCH3 is 1. The van der Waals surface area contributed by atoms with Gasteiger partial charge in [-0.25, -0.2) is 4.79 Å². The van der Waals surface area contributed by atoms with E-state index in [1.165, 1.54) is 39.2 Å². The Morgan fingerprint density at radius 3 is 2.94 bits per heavy atom. The maximum absolute atomic E-state index is 11.4. The van der Waals surface area contributed by atoms with E-state index >= 15 is 0 Å². The quantitative estimate of drug-likeness (QED) is 0.548. The summed E-state index contributed by atoms with van der Waals surface area (Å²) in [7, 11) is 1.44. The van der Waals surface area contributed by atoms with Gasteiger partial charge >= 0.3 is 5.97 Å². The molecule has 1 aliphatic carbocycles. The summed E-state index contributed by atoms with van der Waals surface area (Å²) >= 11 is 0. The van der Waals surface area contributed by atoms with Crippen molar-refractivity contribution in [2.24, 2.45) is 5.92 Å². The molecule has 1 saturated carbocycles. The second kappa shape index (κ2) is 4.74. The first-order chi connectivity index (χ1) is 7.72. The number of rotatable bonds is 3. The molecule has 1 saturated heterocycles. The van der Waals surface area contributed by atoms with E-state index in [1.807, 2.05) is 0 Å². The summed E-state index contributed by atoms with van der Waals surface area (Å²) in [5, 5.41) is 0. The number of carbonyl (C=O) groups excluding carboxylic acids is 1. The fourth-order valence-electron chi connectivity index (χ4n) is 3.06. The van der Waals surface area contributed by atoms with Crippen LogP contribution in [-0.4, -0.2) is 24.8 Å². The molecule has 3 heteroatoms. The normalized spacial score (nSPS) is 38.1.